The number of rotatable bonds is 16. The van der Waals surface area contributed by atoms with Gasteiger partial charge < -0.3 is 10.4 Å². The Morgan fingerprint density at radius 2 is 1.23 bits per heavy atom. The summed E-state index contributed by atoms with van der Waals surface area (Å²) in [5.41, 5.74) is 0.997. The smallest absolute Gasteiger partial charge is 0.0940 e. The highest BCUT2D eigenvalue weighted by Crippen LogP contribution is 2.16. The van der Waals surface area contributed by atoms with Crippen LogP contribution in [0.1, 0.15) is 103 Å². The molecule has 1 aromatic rings. The molecule has 0 unspecified atom stereocenters. The number of aliphatic hydroxyl groups is 1. The summed E-state index contributed by atoms with van der Waals surface area (Å²) in [6.07, 6.45) is 16.2. The van der Waals surface area contributed by atoms with Gasteiger partial charge in [-0.05, 0) is 25.5 Å². The molecular formula is C23H42ClNO. The number of unbranched alkanes of at least 4 members (excludes halogenated alkanes) is 11. The fourth-order valence-corrected chi connectivity index (χ4v) is 3.35. The highest BCUT2D eigenvalue weighted by atomic mass is 35.5. The minimum Gasteiger partial charge on any atom is -0.387 e. The van der Waals surface area contributed by atoms with E-state index in [1.807, 2.05) is 30.3 Å². The molecule has 2 atom stereocenters. The van der Waals surface area contributed by atoms with Gasteiger partial charge in [0.2, 0.25) is 0 Å². The Morgan fingerprint density at radius 1 is 0.769 bits per heavy atom. The molecule has 2 nitrogen and oxygen atoms in total. The van der Waals surface area contributed by atoms with Crippen molar-refractivity contribution in [1.29, 1.82) is 0 Å². The lowest BCUT2D eigenvalue weighted by molar-refractivity contribution is 0.136. The summed E-state index contributed by atoms with van der Waals surface area (Å²) >= 11 is 0. The largest absolute Gasteiger partial charge is 0.387 e. The third kappa shape index (κ3) is 12.7. The molecule has 0 spiro atoms. The van der Waals surface area contributed by atoms with Crippen molar-refractivity contribution >= 4 is 12.4 Å². The summed E-state index contributed by atoms with van der Waals surface area (Å²) in [5.74, 6) is 0. The molecule has 0 aliphatic carbocycles. The van der Waals surface area contributed by atoms with Crippen molar-refractivity contribution in [2.24, 2.45) is 0 Å². The average molecular weight is 384 g/mol. The summed E-state index contributed by atoms with van der Waals surface area (Å²) in [4.78, 5) is 0. The first kappa shape index (κ1) is 25.4. The Balaban J connectivity index is 0.00000625. The highest BCUT2D eigenvalue weighted by Gasteiger charge is 2.14. The fraction of sp³-hybridized carbons (Fsp3) is 0.739. The maximum atomic E-state index is 10.3. The standard InChI is InChI=1S/C23H41NO.ClH/c1-3-4-5-6-7-8-9-10-11-12-13-17-20-24-21(2)23(25)22-18-15-14-16-19-22;/h14-16,18-19,21,23-25H,3-13,17,20H2,1-2H3;1H/t21-,23-;/m0./s1. The van der Waals surface area contributed by atoms with Gasteiger partial charge >= 0.3 is 0 Å². The third-order valence-electron chi connectivity index (χ3n) is 5.11. The van der Waals surface area contributed by atoms with Gasteiger partial charge in [0.25, 0.3) is 0 Å². The van der Waals surface area contributed by atoms with Crippen molar-refractivity contribution in [3.8, 4) is 0 Å². The van der Waals surface area contributed by atoms with Gasteiger partial charge in [-0.3, -0.25) is 0 Å². The van der Waals surface area contributed by atoms with E-state index >= 15 is 0 Å². The Kier molecular flexibility index (Phi) is 17.4. The van der Waals surface area contributed by atoms with E-state index in [9.17, 15) is 5.11 Å². The van der Waals surface area contributed by atoms with E-state index in [2.05, 4.69) is 19.2 Å². The molecule has 0 amide bonds. The van der Waals surface area contributed by atoms with Crippen LogP contribution >= 0.6 is 12.4 Å². The highest BCUT2D eigenvalue weighted by molar-refractivity contribution is 5.85. The second-order valence-corrected chi connectivity index (χ2v) is 7.49. The molecule has 2 N–H and O–H groups in total. The van der Waals surface area contributed by atoms with Crippen LogP contribution in [0.5, 0.6) is 0 Å². The molecule has 0 aliphatic heterocycles. The molecule has 0 aliphatic rings. The molecule has 1 rings (SSSR count). The van der Waals surface area contributed by atoms with Crippen LogP contribution in [-0.4, -0.2) is 17.7 Å². The minimum absolute atomic E-state index is 0. The molecule has 152 valence electrons. The zero-order valence-corrected chi connectivity index (χ0v) is 17.9. The molecular weight excluding hydrogens is 342 g/mol. The van der Waals surface area contributed by atoms with Crippen LogP contribution in [0.15, 0.2) is 30.3 Å². The zero-order valence-electron chi connectivity index (χ0n) is 17.1. The van der Waals surface area contributed by atoms with E-state index in [0.717, 1.165) is 12.1 Å². The maximum absolute atomic E-state index is 10.3. The van der Waals surface area contributed by atoms with Gasteiger partial charge in [0, 0.05) is 6.04 Å². The lowest BCUT2D eigenvalue weighted by Crippen LogP contribution is -2.32. The third-order valence-corrected chi connectivity index (χ3v) is 5.11. The van der Waals surface area contributed by atoms with Crippen molar-refractivity contribution in [3.05, 3.63) is 35.9 Å². The van der Waals surface area contributed by atoms with Gasteiger partial charge in [0.1, 0.15) is 0 Å². The molecule has 0 saturated carbocycles. The summed E-state index contributed by atoms with van der Waals surface area (Å²) in [5, 5.41) is 13.8. The topological polar surface area (TPSA) is 32.3 Å². The van der Waals surface area contributed by atoms with E-state index in [4.69, 9.17) is 0 Å². The second-order valence-electron chi connectivity index (χ2n) is 7.49. The first-order valence-electron chi connectivity index (χ1n) is 10.7. The van der Waals surface area contributed by atoms with Crippen molar-refractivity contribution in [1.82, 2.24) is 5.32 Å². The molecule has 1 aromatic carbocycles. The Labute approximate surface area is 168 Å². The monoisotopic (exact) mass is 383 g/mol. The van der Waals surface area contributed by atoms with Gasteiger partial charge in [0.05, 0.1) is 6.10 Å². The van der Waals surface area contributed by atoms with Crippen LogP contribution < -0.4 is 5.32 Å². The van der Waals surface area contributed by atoms with E-state index < -0.39 is 6.10 Å². The number of hydrogen-bond donors (Lipinski definition) is 2. The maximum Gasteiger partial charge on any atom is 0.0940 e. The van der Waals surface area contributed by atoms with Crippen LogP contribution in [0.4, 0.5) is 0 Å². The SMILES string of the molecule is CCCCCCCCCCCCCCN[C@@H](C)[C@H](O)c1ccccc1.Cl. The average Bonchev–Trinajstić information content (AvgIpc) is 2.65. The lowest BCUT2D eigenvalue weighted by Gasteiger charge is -2.20. The van der Waals surface area contributed by atoms with E-state index in [-0.39, 0.29) is 18.4 Å². The zero-order chi connectivity index (χ0) is 18.2. The van der Waals surface area contributed by atoms with E-state index in [1.165, 1.54) is 77.0 Å². The molecule has 0 heterocycles. The number of hydrogen-bond acceptors (Lipinski definition) is 2. The van der Waals surface area contributed by atoms with Gasteiger partial charge in [-0.15, -0.1) is 12.4 Å². The number of aliphatic hydroxyl groups excluding tert-OH is 1. The number of nitrogens with one attached hydrogen (secondary N) is 1. The fourth-order valence-electron chi connectivity index (χ4n) is 3.35. The summed E-state index contributed by atoms with van der Waals surface area (Å²) in [7, 11) is 0. The molecule has 26 heavy (non-hydrogen) atoms. The Bertz CT molecular complexity index is 398. The minimum atomic E-state index is -0.418. The molecule has 0 saturated heterocycles. The summed E-state index contributed by atoms with van der Waals surface area (Å²) < 4.78 is 0. The lowest BCUT2D eigenvalue weighted by atomic mass is 10.0. The number of halogens is 1. The number of benzene rings is 1. The predicted molar refractivity (Wildman–Crippen MR) is 117 cm³/mol. The Hall–Kier alpha value is -0.570. The van der Waals surface area contributed by atoms with Gasteiger partial charge in [0.15, 0.2) is 0 Å². The van der Waals surface area contributed by atoms with Gasteiger partial charge in [-0.1, -0.05) is 108 Å². The van der Waals surface area contributed by atoms with Crippen molar-refractivity contribution in [2.75, 3.05) is 6.54 Å². The molecule has 0 radical (unpaired) electrons. The van der Waals surface area contributed by atoms with Gasteiger partial charge in [-0.25, -0.2) is 0 Å². The van der Waals surface area contributed by atoms with Gasteiger partial charge in [-0.2, -0.15) is 0 Å². The molecule has 3 heteroatoms. The van der Waals surface area contributed by atoms with E-state index in [0.29, 0.717) is 0 Å². The van der Waals surface area contributed by atoms with Crippen LogP contribution in [-0.2, 0) is 0 Å². The summed E-state index contributed by atoms with van der Waals surface area (Å²) in [6.45, 7) is 5.35. The van der Waals surface area contributed by atoms with Crippen LogP contribution in [0.3, 0.4) is 0 Å². The van der Waals surface area contributed by atoms with Crippen molar-refractivity contribution in [2.45, 2.75) is 103 Å². The normalized spacial score (nSPS) is 13.2. The van der Waals surface area contributed by atoms with Crippen LogP contribution in [0.2, 0.25) is 0 Å². The summed E-state index contributed by atoms with van der Waals surface area (Å²) in [6, 6.07) is 10.0. The quantitative estimate of drug-likeness (QED) is 0.307. The van der Waals surface area contributed by atoms with Crippen molar-refractivity contribution in [3.63, 3.8) is 0 Å². The predicted octanol–water partition coefficient (Wildman–Crippen LogP) is 6.82. The molecule has 0 bridgehead atoms. The van der Waals surface area contributed by atoms with Crippen LogP contribution in [0.25, 0.3) is 0 Å². The Morgan fingerprint density at radius 3 is 1.73 bits per heavy atom. The first-order chi connectivity index (χ1) is 12.3. The van der Waals surface area contributed by atoms with Crippen LogP contribution in [0, 0.1) is 0 Å². The molecule has 0 aromatic heterocycles. The first-order valence-corrected chi connectivity index (χ1v) is 10.7. The molecule has 0 fully saturated rings. The second kappa shape index (κ2) is 17.8. The van der Waals surface area contributed by atoms with Crippen molar-refractivity contribution < 1.29 is 5.11 Å². The van der Waals surface area contributed by atoms with E-state index in [1.54, 1.807) is 0 Å².